The molecule has 0 aromatic heterocycles. The topological polar surface area (TPSA) is 58.6 Å². The second-order valence-corrected chi connectivity index (χ2v) is 4.93. The highest BCUT2D eigenvalue weighted by Crippen LogP contribution is 2.24. The molecular formula is C12H21NO3. The molecule has 1 saturated heterocycles. The monoisotopic (exact) mass is 227 g/mol. The summed E-state index contributed by atoms with van der Waals surface area (Å²) in [7, 11) is 0. The smallest absolute Gasteiger partial charge is 0.306 e. The van der Waals surface area contributed by atoms with Gasteiger partial charge in [0.15, 0.2) is 0 Å². The van der Waals surface area contributed by atoms with Crippen LogP contribution in [0.15, 0.2) is 0 Å². The van der Waals surface area contributed by atoms with Crippen molar-refractivity contribution in [2.24, 2.45) is 5.92 Å². The first-order chi connectivity index (χ1) is 7.75. The third-order valence-corrected chi connectivity index (χ3v) is 3.73. The fourth-order valence-corrected chi connectivity index (χ4v) is 2.65. The van der Waals surface area contributed by atoms with Gasteiger partial charge in [0.1, 0.15) is 0 Å². The van der Waals surface area contributed by atoms with Gasteiger partial charge < -0.3 is 15.2 Å². The standard InChI is InChI=1S/C12H21NO3/c14-12(15)9-3-5-10(6-4-9)13-8-11-2-1-7-16-11/h9-11,13H,1-8H2,(H,14,15). The van der Waals surface area contributed by atoms with Crippen LogP contribution in [-0.4, -0.2) is 36.4 Å². The first-order valence-electron chi connectivity index (χ1n) is 6.33. The van der Waals surface area contributed by atoms with Crippen LogP contribution >= 0.6 is 0 Å². The van der Waals surface area contributed by atoms with Crippen molar-refractivity contribution >= 4 is 5.97 Å². The normalized spacial score (nSPS) is 35.1. The van der Waals surface area contributed by atoms with Gasteiger partial charge in [0, 0.05) is 19.2 Å². The van der Waals surface area contributed by atoms with Gasteiger partial charge in [0.25, 0.3) is 0 Å². The lowest BCUT2D eigenvalue weighted by molar-refractivity contribution is -0.142. The predicted molar refractivity (Wildman–Crippen MR) is 60.4 cm³/mol. The van der Waals surface area contributed by atoms with Crippen LogP contribution in [0.2, 0.25) is 0 Å². The summed E-state index contributed by atoms with van der Waals surface area (Å²) in [5.41, 5.74) is 0. The maximum atomic E-state index is 10.8. The molecule has 1 saturated carbocycles. The molecule has 0 aromatic carbocycles. The van der Waals surface area contributed by atoms with E-state index in [4.69, 9.17) is 9.84 Å². The van der Waals surface area contributed by atoms with E-state index in [2.05, 4.69) is 5.32 Å². The van der Waals surface area contributed by atoms with E-state index in [1.54, 1.807) is 0 Å². The highest BCUT2D eigenvalue weighted by molar-refractivity contribution is 5.70. The van der Waals surface area contributed by atoms with E-state index in [-0.39, 0.29) is 5.92 Å². The van der Waals surface area contributed by atoms with Gasteiger partial charge >= 0.3 is 5.97 Å². The van der Waals surface area contributed by atoms with Crippen molar-refractivity contribution < 1.29 is 14.6 Å². The van der Waals surface area contributed by atoms with Crippen molar-refractivity contribution in [1.29, 1.82) is 0 Å². The maximum absolute atomic E-state index is 10.8. The van der Waals surface area contributed by atoms with Crippen molar-refractivity contribution in [1.82, 2.24) is 5.32 Å². The van der Waals surface area contributed by atoms with Gasteiger partial charge in [-0.3, -0.25) is 4.79 Å². The minimum absolute atomic E-state index is 0.110. The fourth-order valence-electron chi connectivity index (χ4n) is 2.65. The van der Waals surface area contributed by atoms with E-state index in [1.807, 2.05) is 0 Å². The van der Waals surface area contributed by atoms with Gasteiger partial charge in [-0.05, 0) is 38.5 Å². The summed E-state index contributed by atoms with van der Waals surface area (Å²) in [6.45, 7) is 1.83. The molecule has 92 valence electrons. The Kier molecular flexibility index (Phi) is 4.18. The summed E-state index contributed by atoms with van der Waals surface area (Å²) in [4.78, 5) is 10.8. The van der Waals surface area contributed by atoms with Crippen LogP contribution in [0.3, 0.4) is 0 Å². The first-order valence-corrected chi connectivity index (χ1v) is 6.33. The molecule has 1 unspecified atom stereocenters. The Labute approximate surface area is 96.4 Å². The number of rotatable bonds is 4. The molecule has 2 N–H and O–H groups in total. The Morgan fingerprint density at radius 1 is 1.25 bits per heavy atom. The lowest BCUT2D eigenvalue weighted by atomic mass is 9.86. The van der Waals surface area contributed by atoms with Gasteiger partial charge in [0.2, 0.25) is 0 Å². The zero-order valence-corrected chi connectivity index (χ0v) is 9.65. The second-order valence-electron chi connectivity index (χ2n) is 4.93. The zero-order valence-electron chi connectivity index (χ0n) is 9.65. The minimum Gasteiger partial charge on any atom is -0.481 e. The van der Waals surface area contributed by atoms with Crippen LogP contribution in [-0.2, 0) is 9.53 Å². The van der Waals surface area contributed by atoms with E-state index < -0.39 is 5.97 Å². The summed E-state index contributed by atoms with van der Waals surface area (Å²) in [6, 6.07) is 0.500. The van der Waals surface area contributed by atoms with Crippen molar-refractivity contribution in [2.45, 2.75) is 50.7 Å². The van der Waals surface area contributed by atoms with E-state index in [0.29, 0.717) is 12.1 Å². The Balaban J connectivity index is 1.63. The summed E-state index contributed by atoms with van der Waals surface area (Å²) in [5.74, 6) is -0.738. The van der Waals surface area contributed by atoms with E-state index >= 15 is 0 Å². The molecule has 0 radical (unpaired) electrons. The van der Waals surface area contributed by atoms with Crippen molar-refractivity contribution in [2.75, 3.05) is 13.2 Å². The molecule has 0 bridgehead atoms. The molecule has 4 heteroatoms. The number of nitrogens with one attached hydrogen (secondary N) is 1. The summed E-state index contributed by atoms with van der Waals surface area (Å²) >= 11 is 0. The number of hydrogen-bond donors (Lipinski definition) is 2. The van der Waals surface area contributed by atoms with Crippen LogP contribution in [0, 0.1) is 5.92 Å². The summed E-state index contributed by atoms with van der Waals surface area (Å²) in [5, 5.41) is 12.4. The molecule has 1 aliphatic heterocycles. The van der Waals surface area contributed by atoms with Crippen LogP contribution in [0.1, 0.15) is 38.5 Å². The molecule has 0 spiro atoms. The van der Waals surface area contributed by atoms with Gasteiger partial charge in [0.05, 0.1) is 12.0 Å². The van der Waals surface area contributed by atoms with Gasteiger partial charge in [-0.1, -0.05) is 0 Å². The molecule has 2 fully saturated rings. The molecule has 0 amide bonds. The highest BCUT2D eigenvalue weighted by Gasteiger charge is 2.26. The van der Waals surface area contributed by atoms with Crippen molar-refractivity contribution in [3.63, 3.8) is 0 Å². The lowest BCUT2D eigenvalue weighted by Gasteiger charge is -2.27. The molecule has 1 heterocycles. The highest BCUT2D eigenvalue weighted by atomic mass is 16.5. The number of aliphatic carboxylic acids is 1. The summed E-state index contributed by atoms with van der Waals surface area (Å²) < 4.78 is 5.55. The lowest BCUT2D eigenvalue weighted by Crippen LogP contribution is -2.38. The van der Waals surface area contributed by atoms with Crippen LogP contribution in [0.25, 0.3) is 0 Å². The molecular weight excluding hydrogens is 206 g/mol. The van der Waals surface area contributed by atoms with Gasteiger partial charge in [-0.2, -0.15) is 0 Å². The fraction of sp³-hybridized carbons (Fsp3) is 0.917. The Bertz CT molecular complexity index is 230. The van der Waals surface area contributed by atoms with Gasteiger partial charge in [-0.25, -0.2) is 0 Å². The van der Waals surface area contributed by atoms with E-state index in [1.165, 1.54) is 6.42 Å². The second kappa shape index (κ2) is 5.64. The number of ether oxygens (including phenoxy) is 1. The average molecular weight is 227 g/mol. The van der Waals surface area contributed by atoms with Crippen molar-refractivity contribution in [3.05, 3.63) is 0 Å². The largest absolute Gasteiger partial charge is 0.481 e. The molecule has 16 heavy (non-hydrogen) atoms. The Morgan fingerprint density at radius 3 is 2.56 bits per heavy atom. The number of carboxylic acid groups (broad SMARTS) is 1. The molecule has 2 aliphatic rings. The van der Waals surface area contributed by atoms with Crippen LogP contribution in [0.5, 0.6) is 0 Å². The van der Waals surface area contributed by atoms with Crippen LogP contribution < -0.4 is 5.32 Å². The number of hydrogen-bond acceptors (Lipinski definition) is 3. The molecule has 0 aromatic rings. The molecule has 1 atom stereocenters. The molecule has 1 aliphatic carbocycles. The predicted octanol–water partition coefficient (Wildman–Crippen LogP) is 1.40. The van der Waals surface area contributed by atoms with Crippen molar-refractivity contribution in [3.8, 4) is 0 Å². The summed E-state index contributed by atoms with van der Waals surface area (Å²) in [6.07, 6.45) is 6.34. The van der Waals surface area contributed by atoms with E-state index in [9.17, 15) is 4.79 Å². The first kappa shape index (κ1) is 11.9. The minimum atomic E-state index is -0.627. The molecule has 4 nitrogen and oxygen atoms in total. The Hall–Kier alpha value is -0.610. The quantitative estimate of drug-likeness (QED) is 0.762. The third kappa shape index (κ3) is 3.19. The zero-order chi connectivity index (χ0) is 11.4. The number of carboxylic acids is 1. The van der Waals surface area contributed by atoms with E-state index in [0.717, 1.165) is 45.3 Å². The maximum Gasteiger partial charge on any atom is 0.306 e. The molecule has 2 rings (SSSR count). The average Bonchev–Trinajstić information content (AvgIpc) is 2.80. The number of carbonyl (C=O) groups is 1. The third-order valence-electron chi connectivity index (χ3n) is 3.73. The van der Waals surface area contributed by atoms with Gasteiger partial charge in [-0.15, -0.1) is 0 Å². The van der Waals surface area contributed by atoms with Crippen LogP contribution in [0.4, 0.5) is 0 Å². The SMILES string of the molecule is O=C(O)C1CCC(NCC2CCCO2)CC1. The Morgan fingerprint density at radius 2 is 2.00 bits per heavy atom.